The van der Waals surface area contributed by atoms with Gasteiger partial charge in [-0.05, 0) is 30.2 Å². The molecule has 0 saturated carbocycles. The maximum atomic E-state index is 12.7. The topological polar surface area (TPSA) is 128 Å². The number of hydrogen-bond donors (Lipinski definition) is 1. The maximum absolute atomic E-state index is 12.7. The summed E-state index contributed by atoms with van der Waals surface area (Å²) in [4.78, 5) is 37.6. The van der Waals surface area contributed by atoms with E-state index >= 15 is 0 Å². The molecule has 33 heavy (non-hydrogen) atoms. The lowest BCUT2D eigenvalue weighted by molar-refractivity contribution is -0.385. The first-order valence-electron chi connectivity index (χ1n) is 10.3. The maximum Gasteiger partial charge on any atom is 0.311 e. The number of methoxy groups -OCH3 is 1. The standard InChI is InChI=1S/C22H21N5O5S/c1-3-13-6-4-5-7-16(13)26-12-15(11-19(26)28)21-24-25-22(33-21)23-20(29)14-8-9-18(32-2)17(10-14)27(30)31/h4-10,15H,3,11-12H2,1-2H3,(H,23,25,29). The number of nitro groups is 1. The molecular weight excluding hydrogens is 446 g/mol. The molecule has 2 amide bonds. The van der Waals surface area contributed by atoms with Crippen LogP contribution in [0.3, 0.4) is 0 Å². The minimum atomic E-state index is -0.613. The summed E-state index contributed by atoms with van der Waals surface area (Å²) in [5.74, 6) is -0.598. The molecule has 1 aliphatic heterocycles. The molecule has 0 spiro atoms. The van der Waals surface area contributed by atoms with Crippen LogP contribution in [0.5, 0.6) is 5.75 Å². The number of rotatable bonds is 7. The van der Waals surface area contributed by atoms with E-state index in [1.54, 1.807) is 4.90 Å². The Bertz CT molecular complexity index is 1230. The van der Waals surface area contributed by atoms with E-state index in [1.165, 1.54) is 30.6 Å². The minimum absolute atomic E-state index is 0.0206. The average Bonchev–Trinajstić information content (AvgIpc) is 3.44. The number of anilines is 2. The van der Waals surface area contributed by atoms with Crippen molar-refractivity contribution in [2.24, 2.45) is 0 Å². The Morgan fingerprint density at radius 2 is 2.09 bits per heavy atom. The third-order valence-electron chi connectivity index (χ3n) is 5.44. The first-order chi connectivity index (χ1) is 15.9. The summed E-state index contributed by atoms with van der Waals surface area (Å²) in [5.41, 5.74) is 1.80. The average molecular weight is 468 g/mol. The summed E-state index contributed by atoms with van der Waals surface area (Å²) in [6, 6.07) is 11.8. The van der Waals surface area contributed by atoms with Crippen molar-refractivity contribution in [1.82, 2.24) is 10.2 Å². The third-order valence-corrected chi connectivity index (χ3v) is 6.44. The lowest BCUT2D eigenvalue weighted by atomic mass is 10.1. The van der Waals surface area contributed by atoms with E-state index in [2.05, 4.69) is 15.5 Å². The zero-order valence-corrected chi connectivity index (χ0v) is 18.8. The lowest BCUT2D eigenvalue weighted by Crippen LogP contribution is -2.25. The van der Waals surface area contributed by atoms with Gasteiger partial charge in [-0.1, -0.05) is 36.5 Å². The molecule has 2 aromatic carbocycles. The van der Waals surface area contributed by atoms with Crippen molar-refractivity contribution in [3.8, 4) is 5.75 Å². The van der Waals surface area contributed by atoms with Gasteiger partial charge in [-0.25, -0.2) is 0 Å². The second-order valence-electron chi connectivity index (χ2n) is 7.43. The molecule has 10 nitrogen and oxygen atoms in total. The third kappa shape index (κ3) is 4.53. The Hall–Kier alpha value is -3.86. The highest BCUT2D eigenvalue weighted by molar-refractivity contribution is 7.15. The van der Waals surface area contributed by atoms with Gasteiger partial charge in [0.25, 0.3) is 5.91 Å². The van der Waals surface area contributed by atoms with Crippen LogP contribution in [0.25, 0.3) is 0 Å². The van der Waals surface area contributed by atoms with Crippen molar-refractivity contribution in [1.29, 1.82) is 0 Å². The molecule has 0 aliphatic carbocycles. The molecule has 1 unspecified atom stereocenters. The monoisotopic (exact) mass is 467 g/mol. The quantitative estimate of drug-likeness (QED) is 0.414. The number of nitrogens with one attached hydrogen (secondary N) is 1. The van der Waals surface area contributed by atoms with Crippen LogP contribution in [0, 0.1) is 10.1 Å². The van der Waals surface area contributed by atoms with E-state index < -0.39 is 10.8 Å². The van der Waals surface area contributed by atoms with Crippen LogP contribution in [0.2, 0.25) is 0 Å². The molecule has 11 heteroatoms. The van der Waals surface area contributed by atoms with Crippen LogP contribution in [0.4, 0.5) is 16.5 Å². The van der Waals surface area contributed by atoms with E-state index in [0.717, 1.165) is 23.7 Å². The van der Waals surface area contributed by atoms with Crippen molar-refractivity contribution in [2.45, 2.75) is 25.7 Å². The number of aromatic nitrogens is 2. The Balaban J connectivity index is 1.47. The van der Waals surface area contributed by atoms with Crippen LogP contribution < -0.4 is 15.0 Å². The zero-order valence-electron chi connectivity index (χ0n) is 18.0. The SMILES string of the molecule is CCc1ccccc1N1CC(c2nnc(NC(=O)c3ccc(OC)c([N+](=O)[O-])c3)s2)CC1=O. The number of carbonyl (C=O) groups excluding carboxylic acids is 2. The van der Waals surface area contributed by atoms with Crippen LogP contribution in [-0.4, -0.2) is 40.6 Å². The molecule has 1 saturated heterocycles. The molecule has 0 radical (unpaired) electrons. The molecule has 1 atom stereocenters. The van der Waals surface area contributed by atoms with E-state index in [-0.39, 0.29) is 34.0 Å². The largest absolute Gasteiger partial charge is 0.490 e. The Morgan fingerprint density at radius 1 is 1.30 bits per heavy atom. The predicted molar refractivity (Wildman–Crippen MR) is 123 cm³/mol. The molecule has 3 aromatic rings. The fraction of sp³-hybridized carbons (Fsp3) is 0.273. The number of nitro benzene ring substituents is 1. The molecule has 1 aromatic heterocycles. The first kappa shape index (κ1) is 22.3. The normalized spacial score (nSPS) is 15.5. The van der Waals surface area contributed by atoms with E-state index in [1.807, 2.05) is 31.2 Å². The van der Waals surface area contributed by atoms with Crippen LogP contribution >= 0.6 is 11.3 Å². The number of nitrogens with zero attached hydrogens (tertiary/aromatic N) is 4. The molecule has 1 fully saturated rings. The Morgan fingerprint density at radius 3 is 2.82 bits per heavy atom. The highest BCUT2D eigenvalue weighted by atomic mass is 32.1. The highest BCUT2D eigenvalue weighted by Crippen LogP contribution is 2.36. The second kappa shape index (κ2) is 9.33. The predicted octanol–water partition coefficient (Wildman–Crippen LogP) is 3.79. The van der Waals surface area contributed by atoms with Crippen molar-refractivity contribution < 1.29 is 19.2 Å². The molecule has 1 aliphatic rings. The zero-order chi connectivity index (χ0) is 23.5. The summed E-state index contributed by atoms with van der Waals surface area (Å²) in [6.07, 6.45) is 1.13. The number of aryl methyl sites for hydroxylation is 1. The van der Waals surface area contributed by atoms with Gasteiger partial charge in [-0.15, -0.1) is 10.2 Å². The summed E-state index contributed by atoms with van der Waals surface area (Å²) < 4.78 is 4.96. The highest BCUT2D eigenvalue weighted by Gasteiger charge is 2.34. The molecule has 170 valence electrons. The van der Waals surface area contributed by atoms with Gasteiger partial charge in [0.2, 0.25) is 11.0 Å². The summed E-state index contributed by atoms with van der Waals surface area (Å²) in [7, 11) is 1.32. The van der Waals surface area contributed by atoms with Crippen LogP contribution in [-0.2, 0) is 11.2 Å². The number of carbonyl (C=O) groups is 2. The van der Waals surface area contributed by atoms with Gasteiger partial charge in [-0.2, -0.15) is 0 Å². The molecule has 2 heterocycles. The van der Waals surface area contributed by atoms with Gasteiger partial charge < -0.3 is 9.64 Å². The summed E-state index contributed by atoms with van der Waals surface area (Å²) >= 11 is 1.19. The van der Waals surface area contributed by atoms with Gasteiger partial charge >= 0.3 is 5.69 Å². The Kier molecular flexibility index (Phi) is 6.31. The van der Waals surface area contributed by atoms with Gasteiger partial charge in [0.15, 0.2) is 5.75 Å². The second-order valence-corrected chi connectivity index (χ2v) is 8.44. The number of amides is 2. The number of para-hydroxylation sites is 1. The first-order valence-corrected chi connectivity index (χ1v) is 11.1. The fourth-order valence-electron chi connectivity index (χ4n) is 3.77. The lowest BCUT2D eigenvalue weighted by Gasteiger charge is -2.19. The van der Waals surface area contributed by atoms with Gasteiger partial charge in [0.1, 0.15) is 5.01 Å². The number of hydrogen-bond acceptors (Lipinski definition) is 8. The van der Waals surface area contributed by atoms with E-state index in [4.69, 9.17) is 4.74 Å². The van der Waals surface area contributed by atoms with Crippen LogP contribution in [0.15, 0.2) is 42.5 Å². The van der Waals surface area contributed by atoms with E-state index in [0.29, 0.717) is 18.0 Å². The van der Waals surface area contributed by atoms with Gasteiger partial charge in [-0.3, -0.25) is 25.0 Å². The number of benzene rings is 2. The fourth-order valence-corrected chi connectivity index (χ4v) is 4.60. The molecule has 1 N–H and O–H groups in total. The van der Waals surface area contributed by atoms with Crippen LogP contribution in [0.1, 0.15) is 40.2 Å². The number of ether oxygens (including phenoxy) is 1. The minimum Gasteiger partial charge on any atom is -0.490 e. The smallest absolute Gasteiger partial charge is 0.311 e. The van der Waals surface area contributed by atoms with Crippen molar-refractivity contribution in [3.05, 3.63) is 68.7 Å². The summed E-state index contributed by atoms with van der Waals surface area (Å²) in [5, 5.41) is 22.9. The molecule has 0 bridgehead atoms. The van der Waals surface area contributed by atoms with Crippen molar-refractivity contribution >= 4 is 39.7 Å². The molecule has 4 rings (SSSR count). The van der Waals surface area contributed by atoms with Crippen molar-refractivity contribution in [3.63, 3.8) is 0 Å². The Labute approximate surface area is 193 Å². The van der Waals surface area contributed by atoms with Gasteiger partial charge in [0, 0.05) is 36.2 Å². The van der Waals surface area contributed by atoms with Gasteiger partial charge in [0.05, 0.1) is 12.0 Å². The van der Waals surface area contributed by atoms with E-state index in [9.17, 15) is 19.7 Å². The summed E-state index contributed by atoms with van der Waals surface area (Å²) in [6.45, 7) is 2.54. The van der Waals surface area contributed by atoms with Crippen molar-refractivity contribution in [2.75, 3.05) is 23.9 Å². The molecular formula is C22H21N5O5S.